The van der Waals surface area contributed by atoms with Gasteiger partial charge in [0.1, 0.15) is 22.9 Å². The van der Waals surface area contributed by atoms with Crippen LogP contribution in [-0.2, 0) is 14.3 Å². The van der Waals surface area contributed by atoms with E-state index in [1.54, 1.807) is 6.92 Å². The number of aliphatic hydroxyl groups is 4. The quantitative estimate of drug-likeness (QED) is 0.392. The van der Waals surface area contributed by atoms with Gasteiger partial charge in [-0.15, -0.1) is 0 Å². The predicted octanol–water partition coefficient (Wildman–Crippen LogP) is 1.40. The summed E-state index contributed by atoms with van der Waals surface area (Å²) in [4.78, 5) is 24.6. The molecule has 30 heavy (non-hydrogen) atoms. The van der Waals surface area contributed by atoms with Crippen LogP contribution in [0.25, 0.3) is 0 Å². The van der Waals surface area contributed by atoms with Gasteiger partial charge in [-0.1, -0.05) is 18.6 Å². The summed E-state index contributed by atoms with van der Waals surface area (Å²) >= 11 is 0. The van der Waals surface area contributed by atoms with Gasteiger partial charge in [-0.05, 0) is 64.2 Å². The van der Waals surface area contributed by atoms with Crippen molar-refractivity contribution < 1.29 is 34.8 Å². The van der Waals surface area contributed by atoms with Crippen LogP contribution in [0.2, 0.25) is 0 Å². The van der Waals surface area contributed by atoms with Crippen molar-refractivity contribution in [3.8, 4) is 0 Å². The highest BCUT2D eigenvalue weighted by molar-refractivity contribution is 5.87. The topological polar surface area (TPSA) is 124 Å². The number of carbonyl (C=O) groups is 2. The van der Waals surface area contributed by atoms with Gasteiger partial charge in [-0.3, -0.25) is 9.59 Å². The number of Topliss-reactive ketones (excluding diaryl/α,β-unsaturated/α-hetero) is 1. The maximum atomic E-state index is 12.6. The van der Waals surface area contributed by atoms with Gasteiger partial charge in [0.25, 0.3) is 0 Å². The summed E-state index contributed by atoms with van der Waals surface area (Å²) in [6.07, 6.45) is 2.76. The third-order valence-corrected chi connectivity index (χ3v) is 9.46. The van der Waals surface area contributed by atoms with E-state index in [1.165, 1.54) is 13.8 Å². The van der Waals surface area contributed by atoms with Gasteiger partial charge in [0.05, 0.1) is 11.5 Å². The molecule has 0 aromatic rings. The van der Waals surface area contributed by atoms with Gasteiger partial charge >= 0.3 is 5.97 Å². The minimum atomic E-state index is -1.91. The molecule has 0 aliphatic heterocycles. The van der Waals surface area contributed by atoms with Gasteiger partial charge in [-0.25, -0.2) is 0 Å². The molecule has 3 fully saturated rings. The minimum absolute atomic E-state index is 0.00583. The maximum Gasteiger partial charge on any atom is 0.302 e. The summed E-state index contributed by atoms with van der Waals surface area (Å²) in [5.74, 6) is -1.49. The van der Waals surface area contributed by atoms with Crippen molar-refractivity contribution in [1.29, 1.82) is 0 Å². The van der Waals surface area contributed by atoms with E-state index in [1.807, 2.05) is 13.0 Å². The van der Waals surface area contributed by atoms with E-state index in [0.29, 0.717) is 19.3 Å². The molecule has 0 saturated heterocycles. The molecule has 0 radical (unpaired) electrons. The van der Waals surface area contributed by atoms with Crippen LogP contribution in [0.5, 0.6) is 0 Å². The minimum Gasteiger partial charge on any atom is -0.462 e. The zero-order chi connectivity index (χ0) is 22.3. The molecule has 168 valence electrons. The SMILES string of the molecule is CC(=O)OC1C[C@@H]2[C@@]3(C)CC[C@H](O)CC3=CC[C@@]2(O)[C@@]2(O)CC[C@](O)(C(C)=O)[C@@]12C. The number of fused-ring (bicyclic) bond motifs is 5. The standard InChI is InChI=1S/C23H34O7/c1-13(24)21(27)9-10-23(29)20(21,4)18(30-14(2)25)12-17-19(3)7-6-16(26)11-15(19)5-8-22(17,23)28/h5,16-18,26-29H,6-12H2,1-4H3/t16-,17+,18?,19-,20+,21-,22-,23+/m0/s1. The van der Waals surface area contributed by atoms with E-state index in [-0.39, 0.29) is 25.7 Å². The number of esters is 1. The molecule has 0 aromatic heterocycles. The first-order valence-corrected chi connectivity index (χ1v) is 11.0. The second-order valence-corrected chi connectivity index (χ2v) is 10.5. The monoisotopic (exact) mass is 422 g/mol. The average molecular weight is 423 g/mol. The fraction of sp³-hybridized carbons (Fsp3) is 0.826. The predicted molar refractivity (Wildman–Crippen MR) is 107 cm³/mol. The van der Waals surface area contributed by atoms with E-state index in [9.17, 15) is 30.0 Å². The Morgan fingerprint density at radius 3 is 2.37 bits per heavy atom. The molecule has 3 saturated carbocycles. The summed E-state index contributed by atoms with van der Waals surface area (Å²) in [7, 11) is 0. The summed E-state index contributed by atoms with van der Waals surface area (Å²) in [5, 5.41) is 45.8. The molecular weight excluding hydrogens is 388 g/mol. The van der Waals surface area contributed by atoms with E-state index in [0.717, 1.165) is 5.57 Å². The van der Waals surface area contributed by atoms with Crippen molar-refractivity contribution in [3.63, 3.8) is 0 Å². The molecule has 7 heteroatoms. The molecule has 0 aromatic carbocycles. The van der Waals surface area contributed by atoms with E-state index < -0.39 is 57.5 Å². The van der Waals surface area contributed by atoms with Crippen LogP contribution in [0.4, 0.5) is 0 Å². The van der Waals surface area contributed by atoms with E-state index in [2.05, 4.69) is 0 Å². The number of ketones is 1. The summed E-state index contributed by atoms with van der Waals surface area (Å²) in [5.41, 5.74) is -6.26. The lowest BCUT2D eigenvalue weighted by Crippen LogP contribution is -2.78. The zero-order valence-corrected chi connectivity index (χ0v) is 18.3. The van der Waals surface area contributed by atoms with Crippen LogP contribution in [0.15, 0.2) is 11.6 Å². The second-order valence-electron chi connectivity index (χ2n) is 10.5. The van der Waals surface area contributed by atoms with Crippen molar-refractivity contribution in [1.82, 2.24) is 0 Å². The van der Waals surface area contributed by atoms with Gasteiger partial charge in [-0.2, -0.15) is 0 Å². The Kier molecular flexibility index (Phi) is 4.66. The molecule has 4 aliphatic carbocycles. The Hall–Kier alpha value is -1.28. The largest absolute Gasteiger partial charge is 0.462 e. The molecule has 0 spiro atoms. The third-order valence-electron chi connectivity index (χ3n) is 9.46. The molecule has 8 atom stereocenters. The van der Waals surface area contributed by atoms with Gasteiger partial charge in [0.15, 0.2) is 5.78 Å². The molecule has 1 unspecified atom stereocenters. The van der Waals surface area contributed by atoms with Gasteiger partial charge < -0.3 is 25.2 Å². The summed E-state index contributed by atoms with van der Waals surface area (Å²) in [6.45, 7) is 6.18. The Morgan fingerprint density at radius 1 is 1.10 bits per heavy atom. The highest BCUT2D eigenvalue weighted by atomic mass is 16.5. The number of hydrogen-bond donors (Lipinski definition) is 4. The Labute approximate surface area is 177 Å². The maximum absolute atomic E-state index is 12.6. The molecule has 4 aliphatic rings. The van der Waals surface area contributed by atoms with Crippen molar-refractivity contribution in [3.05, 3.63) is 11.6 Å². The number of carbonyl (C=O) groups excluding carboxylic acids is 2. The second kappa shape index (κ2) is 6.37. The smallest absolute Gasteiger partial charge is 0.302 e. The first-order valence-electron chi connectivity index (χ1n) is 11.0. The number of hydrogen-bond acceptors (Lipinski definition) is 7. The fourth-order valence-corrected chi connectivity index (χ4v) is 7.57. The van der Waals surface area contributed by atoms with Crippen LogP contribution in [0, 0.1) is 16.7 Å². The van der Waals surface area contributed by atoms with Crippen LogP contribution in [0.1, 0.15) is 72.6 Å². The highest BCUT2D eigenvalue weighted by Crippen LogP contribution is 2.70. The fourth-order valence-electron chi connectivity index (χ4n) is 7.57. The van der Waals surface area contributed by atoms with Crippen molar-refractivity contribution >= 4 is 11.8 Å². The van der Waals surface area contributed by atoms with Crippen molar-refractivity contribution in [2.24, 2.45) is 16.7 Å². The van der Waals surface area contributed by atoms with Crippen LogP contribution >= 0.6 is 0 Å². The molecule has 0 amide bonds. The third kappa shape index (κ3) is 2.35. The molecule has 4 rings (SSSR count). The first kappa shape index (κ1) is 21.9. The number of aliphatic hydroxyl groups excluding tert-OH is 1. The number of rotatable bonds is 2. The average Bonchev–Trinajstić information content (AvgIpc) is 2.88. The van der Waals surface area contributed by atoms with Gasteiger partial charge in [0, 0.05) is 12.8 Å². The Morgan fingerprint density at radius 2 is 1.77 bits per heavy atom. The molecular formula is C23H34O7. The molecule has 0 bridgehead atoms. The van der Waals surface area contributed by atoms with Gasteiger partial charge in [0.2, 0.25) is 0 Å². The first-order chi connectivity index (χ1) is 13.8. The molecule has 4 N–H and O–H groups in total. The van der Waals surface area contributed by atoms with Crippen molar-refractivity contribution in [2.45, 2.75) is 102 Å². The Bertz CT molecular complexity index is 822. The summed E-state index contributed by atoms with van der Waals surface area (Å²) < 4.78 is 5.67. The lowest BCUT2D eigenvalue weighted by atomic mass is 9.42. The normalized spacial score (nSPS) is 52.5. The van der Waals surface area contributed by atoms with Crippen molar-refractivity contribution in [2.75, 3.05) is 0 Å². The van der Waals surface area contributed by atoms with E-state index in [4.69, 9.17) is 4.74 Å². The summed E-state index contributed by atoms with van der Waals surface area (Å²) in [6, 6.07) is 0. The highest BCUT2D eigenvalue weighted by Gasteiger charge is 2.81. The lowest BCUT2D eigenvalue weighted by Gasteiger charge is -2.67. The number of ether oxygens (including phenoxy) is 1. The Balaban J connectivity index is 1.91. The van der Waals surface area contributed by atoms with Crippen LogP contribution in [-0.4, -0.2) is 61.2 Å². The molecule has 7 nitrogen and oxygen atoms in total. The van der Waals surface area contributed by atoms with Crippen LogP contribution in [0.3, 0.4) is 0 Å². The van der Waals surface area contributed by atoms with Crippen LogP contribution < -0.4 is 0 Å². The molecule has 0 heterocycles. The lowest BCUT2D eigenvalue weighted by molar-refractivity contribution is -0.314. The van der Waals surface area contributed by atoms with E-state index >= 15 is 0 Å². The zero-order valence-electron chi connectivity index (χ0n) is 18.3.